The minimum Gasteiger partial charge on any atom is -0.431 e. The molecule has 0 amide bonds. The van der Waals surface area contributed by atoms with Crippen molar-refractivity contribution in [3.05, 3.63) is 0 Å². The summed E-state index contributed by atoms with van der Waals surface area (Å²) < 4.78 is 10.1. The van der Waals surface area contributed by atoms with E-state index >= 15 is 0 Å². The van der Waals surface area contributed by atoms with Crippen LogP contribution in [-0.4, -0.2) is 25.0 Å². The fraction of sp³-hybridized carbons (Fsp3) is 0.900. The van der Waals surface area contributed by atoms with Gasteiger partial charge in [-0.1, -0.05) is 13.3 Å². The number of hydrogen-bond acceptors (Lipinski definition) is 4. The summed E-state index contributed by atoms with van der Waals surface area (Å²) >= 11 is 0. The largest absolute Gasteiger partial charge is 0.510 e. The van der Waals surface area contributed by atoms with Crippen LogP contribution in [0.2, 0.25) is 0 Å². The fourth-order valence-electron chi connectivity index (χ4n) is 1.53. The Morgan fingerprint density at radius 3 is 3.00 bits per heavy atom. The van der Waals surface area contributed by atoms with E-state index in [9.17, 15) is 4.79 Å². The maximum atomic E-state index is 11.2. The van der Waals surface area contributed by atoms with Crippen LogP contribution in [0.5, 0.6) is 0 Å². The molecule has 2 unspecified atom stereocenters. The standard InChI is InChI=1S/C10H19NO3/c1-3-5-8(2)13-10(12)14-9-6-4-7-11-9/h8-9,11H,3-7H2,1-2H3. The Hall–Kier alpha value is -0.770. The third-order valence-corrected chi connectivity index (χ3v) is 2.25. The first kappa shape index (κ1) is 11.3. The predicted molar refractivity (Wildman–Crippen MR) is 53.0 cm³/mol. The van der Waals surface area contributed by atoms with Crippen LogP contribution in [0.3, 0.4) is 0 Å². The van der Waals surface area contributed by atoms with E-state index < -0.39 is 6.16 Å². The lowest BCUT2D eigenvalue weighted by Gasteiger charge is -2.15. The van der Waals surface area contributed by atoms with Crippen molar-refractivity contribution >= 4 is 6.16 Å². The summed E-state index contributed by atoms with van der Waals surface area (Å²) in [5.41, 5.74) is 0. The quantitative estimate of drug-likeness (QED) is 0.707. The molecule has 1 heterocycles. The number of nitrogens with one attached hydrogen (secondary N) is 1. The van der Waals surface area contributed by atoms with Gasteiger partial charge in [0.1, 0.15) is 6.10 Å². The van der Waals surface area contributed by atoms with Crippen LogP contribution in [0.4, 0.5) is 4.79 Å². The molecule has 4 nitrogen and oxygen atoms in total. The second kappa shape index (κ2) is 5.86. The van der Waals surface area contributed by atoms with Gasteiger partial charge in [0.15, 0.2) is 6.23 Å². The zero-order valence-electron chi connectivity index (χ0n) is 8.91. The van der Waals surface area contributed by atoms with E-state index in [1.54, 1.807) is 0 Å². The summed E-state index contributed by atoms with van der Waals surface area (Å²) in [6, 6.07) is 0. The van der Waals surface area contributed by atoms with Gasteiger partial charge in [0.05, 0.1) is 0 Å². The third-order valence-electron chi connectivity index (χ3n) is 2.25. The highest BCUT2D eigenvalue weighted by Gasteiger charge is 2.20. The summed E-state index contributed by atoms with van der Waals surface area (Å²) in [6.45, 7) is 4.86. The molecule has 1 aliphatic rings. The molecular weight excluding hydrogens is 182 g/mol. The number of carbonyl (C=O) groups excluding carboxylic acids is 1. The van der Waals surface area contributed by atoms with Crippen LogP contribution in [0, 0.1) is 0 Å². The van der Waals surface area contributed by atoms with Crippen molar-refractivity contribution in [1.82, 2.24) is 5.32 Å². The molecule has 14 heavy (non-hydrogen) atoms. The number of ether oxygens (including phenoxy) is 2. The Labute approximate surface area is 85.0 Å². The molecule has 1 fully saturated rings. The molecule has 1 N–H and O–H groups in total. The molecule has 4 heteroatoms. The van der Waals surface area contributed by atoms with Gasteiger partial charge < -0.3 is 9.47 Å². The first-order valence-electron chi connectivity index (χ1n) is 5.33. The first-order chi connectivity index (χ1) is 6.72. The highest BCUT2D eigenvalue weighted by molar-refractivity contribution is 5.60. The lowest BCUT2D eigenvalue weighted by Crippen LogP contribution is -2.29. The van der Waals surface area contributed by atoms with Crippen LogP contribution in [0.25, 0.3) is 0 Å². The van der Waals surface area contributed by atoms with Gasteiger partial charge in [-0.2, -0.15) is 0 Å². The molecule has 0 aromatic heterocycles. The molecule has 0 bridgehead atoms. The Morgan fingerprint density at radius 1 is 1.64 bits per heavy atom. The van der Waals surface area contributed by atoms with Gasteiger partial charge in [-0.25, -0.2) is 4.79 Å². The molecular formula is C10H19NO3. The normalized spacial score (nSPS) is 23.1. The van der Waals surface area contributed by atoms with Gasteiger partial charge in [0.2, 0.25) is 0 Å². The molecule has 0 radical (unpaired) electrons. The van der Waals surface area contributed by atoms with Crippen molar-refractivity contribution in [2.75, 3.05) is 6.54 Å². The van der Waals surface area contributed by atoms with Gasteiger partial charge in [-0.05, 0) is 32.7 Å². The Balaban J connectivity index is 2.14. The average Bonchev–Trinajstić information content (AvgIpc) is 2.56. The van der Waals surface area contributed by atoms with Crippen LogP contribution < -0.4 is 5.32 Å². The Kier molecular flexibility index (Phi) is 4.73. The molecule has 0 spiro atoms. The van der Waals surface area contributed by atoms with E-state index in [1.165, 1.54) is 0 Å². The SMILES string of the molecule is CCCC(C)OC(=O)OC1CCCN1. The molecule has 2 atom stereocenters. The molecule has 1 rings (SSSR count). The molecule has 1 saturated heterocycles. The fourth-order valence-corrected chi connectivity index (χ4v) is 1.53. The number of hydrogen-bond donors (Lipinski definition) is 1. The second-order valence-electron chi connectivity index (χ2n) is 3.67. The molecule has 0 aromatic rings. The van der Waals surface area contributed by atoms with Crippen molar-refractivity contribution < 1.29 is 14.3 Å². The minimum atomic E-state index is -0.551. The molecule has 1 aliphatic heterocycles. The lowest BCUT2D eigenvalue weighted by molar-refractivity contribution is -0.00290. The summed E-state index contributed by atoms with van der Waals surface area (Å²) in [7, 11) is 0. The van der Waals surface area contributed by atoms with E-state index in [4.69, 9.17) is 9.47 Å². The van der Waals surface area contributed by atoms with E-state index in [1.807, 2.05) is 6.92 Å². The van der Waals surface area contributed by atoms with Gasteiger partial charge in [-0.3, -0.25) is 5.32 Å². The first-order valence-corrected chi connectivity index (χ1v) is 5.33. The van der Waals surface area contributed by atoms with Crippen molar-refractivity contribution in [3.8, 4) is 0 Å². The summed E-state index contributed by atoms with van der Waals surface area (Å²) in [5.74, 6) is 0. The summed E-state index contributed by atoms with van der Waals surface area (Å²) in [4.78, 5) is 11.2. The Bertz CT molecular complexity index is 178. The zero-order valence-corrected chi connectivity index (χ0v) is 8.91. The lowest BCUT2D eigenvalue weighted by atomic mass is 10.2. The molecule has 0 saturated carbocycles. The van der Waals surface area contributed by atoms with E-state index in [0.717, 1.165) is 32.2 Å². The number of carbonyl (C=O) groups is 1. The van der Waals surface area contributed by atoms with Crippen molar-refractivity contribution in [2.24, 2.45) is 0 Å². The zero-order chi connectivity index (χ0) is 10.4. The molecule has 0 aliphatic carbocycles. The van der Waals surface area contributed by atoms with Gasteiger partial charge in [0, 0.05) is 0 Å². The van der Waals surface area contributed by atoms with E-state index in [0.29, 0.717) is 0 Å². The predicted octanol–water partition coefficient (Wildman–Crippen LogP) is 2.04. The monoisotopic (exact) mass is 201 g/mol. The van der Waals surface area contributed by atoms with Crippen LogP contribution in [-0.2, 0) is 9.47 Å². The summed E-state index contributed by atoms with van der Waals surface area (Å²) in [6.07, 6.45) is 3.10. The minimum absolute atomic E-state index is 0.0473. The van der Waals surface area contributed by atoms with Crippen LogP contribution in [0.1, 0.15) is 39.5 Å². The highest BCUT2D eigenvalue weighted by atomic mass is 16.7. The van der Waals surface area contributed by atoms with Gasteiger partial charge in [0.25, 0.3) is 0 Å². The van der Waals surface area contributed by atoms with Gasteiger partial charge >= 0.3 is 6.16 Å². The third kappa shape index (κ3) is 3.96. The van der Waals surface area contributed by atoms with Crippen molar-refractivity contribution in [3.63, 3.8) is 0 Å². The van der Waals surface area contributed by atoms with Crippen molar-refractivity contribution in [1.29, 1.82) is 0 Å². The second-order valence-corrected chi connectivity index (χ2v) is 3.67. The van der Waals surface area contributed by atoms with E-state index in [2.05, 4.69) is 12.2 Å². The van der Waals surface area contributed by atoms with E-state index in [-0.39, 0.29) is 12.3 Å². The topological polar surface area (TPSA) is 47.6 Å². The highest BCUT2D eigenvalue weighted by Crippen LogP contribution is 2.09. The maximum Gasteiger partial charge on any atom is 0.510 e. The Morgan fingerprint density at radius 2 is 2.43 bits per heavy atom. The van der Waals surface area contributed by atoms with Crippen LogP contribution in [0.15, 0.2) is 0 Å². The summed E-state index contributed by atoms with van der Waals surface area (Å²) in [5, 5.41) is 3.07. The molecule has 82 valence electrons. The maximum absolute atomic E-state index is 11.2. The molecule has 0 aromatic carbocycles. The smallest absolute Gasteiger partial charge is 0.431 e. The van der Waals surface area contributed by atoms with Gasteiger partial charge in [-0.15, -0.1) is 0 Å². The number of rotatable bonds is 4. The van der Waals surface area contributed by atoms with Crippen molar-refractivity contribution in [2.45, 2.75) is 51.9 Å². The average molecular weight is 201 g/mol. The van der Waals surface area contributed by atoms with Crippen LogP contribution >= 0.6 is 0 Å².